The maximum atomic E-state index is 5.27. The van der Waals surface area contributed by atoms with Gasteiger partial charge >= 0.3 is 0 Å². The molecule has 0 aromatic heterocycles. The largest absolute Gasteiger partial charge is 0.497 e. The number of hydrogen-bond acceptors (Lipinski definition) is 2. The zero-order chi connectivity index (χ0) is 10.3. The molecule has 1 N–H and O–H groups in total. The van der Waals surface area contributed by atoms with Crippen LogP contribution in [0.15, 0.2) is 24.3 Å². The molecule has 2 aliphatic heterocycles. The maximum absolute atomic E-state index is 5.27. The normalized spacial score (nSPS) is 33.3. The maximum Gasteiger partial charge on any atom is 0.119 e. The van der Waals surface area contributed by atoms with Gasteiger partial charge in [0.05, 0.1) is 7.11 Å². The van der Waals surface area contributed by atoms with Gasteiger partial charge in [0, 0.05) is 6.04 Å². The standard InChI is InChI=1S/C13H17NO/c1-15-12-4-2-3-10(7-12)13-11-5-9(6-11)8-14-13/h2-4,7,9,11,13-14H,5-6,8H2,1H3. The third kappa shape index (κ3) is 1.53. The molecule has 2 heterocycles. The van der Waals surface area contributed by atoms with Crippen LogP contribution in [-0.4, -0.2) is 13.7 Å². The monoisotopic (exact) mass is 203 g/mol. The smallest absolute Gasteiger partial charge is 0.119 e. The predicted octanol–water partition coefficient (Wildman–Crippen LogP) is 2.37. The molecule has 1 unspecified atom stereocenters. The third-order valence-electron chi connectivity index (χ3n) is 3.82. The van der Waals surface area contributed by atoms with Crippen LogP contribution in [0.5, 0.6) is 5.75 Å². The van der Waals surface area contributed by atoms with Gasteiger partial charge in [0.1, 0.15) is 5.75 Å². The van der Waals surface area contributed by atoms with E-state index < -0.39 is 0 Å². The fourth-order valence-corrected chi connectivity index (χ4v) is 2.91. The Morgan fingerprint density at radius 3 is 2.87 bits per heavy atom. The highest BCUT2D eigenvalue weighted by atomic mass is 16.5. The molecule has 1 aromatic carbocycles. The molecule has 2 bridgehead atoms. The van der Waals surface area contributed by atoms with E-state index in [0.29, 0.717) is 6.04 Å². The predicted molar refractivity (Wildman–Crippen MR) is 60.0 cm³/mol. The average molecular weight is 203 g/mol. The first-order chi connectivity index (χ1) is 7.36. The molecule has 3 fully saturated rings. The van der Waals surface area contributed by atoms with Gasteiger partial charge in [-0.05, 0) is 48.9 Å². The van der Waals surface area contributed by atoms with Crippen molar-refractivity contribution in [2.75, 3.05) is 13.7 Å². The van der Waals surface area contributed by atoms with Crippen molar-refractivity contribution in [3.05, 3.63) is 29.8 Å². The number of hydrogen-bond donors (Lipinski definition) is 1. The fourth-order valence-electron chi connectivity index (χ4n) is 2.91. The summed E-state index contributed by atoms with van der Waals surface area (Å²) in [5.41, 5.74) is 1.39. The number of methoxy groups -OCH3 is 1. The molecule has 1 atom stereocenters. The van der Waals surface area contributed by atoms with Crippen molar-refractivity contribution in [2.24, 2.45) is 11.8 Å². The van der Waals surface area contributed by atoms with E-state index in [4.69, 9.17) is 4.74 Å². The summed E-state index contributed by atoms with van der Waals surface area (Å²) in [4.78, 5) is 0. The van der Waals surface area contributed by atoms with E-state index in [2.05, 4.69) is 23.5 Å². The molecule has 2 heteroatoms. The summed E-state index contributed by atoms with van der Waals surface area (Å²) in [6, 6.07) is 9.02. The van der Waals surface area contributed by atoms with Crippen LogP contribution < -0.4 is 10.1 Å². The first-order valence-corrected chi connectivity index (χ1v) is 5.74. The number of fused-ring (bicyclic) bond motifs is 2. The van der Waals surface area contributed by atoms with Crippen LogP contribution in [0.2, 0.25) is 0 Å². The van der Waals surface area contributed by atoms with Crippen molar-refractivity contribution in [3.8, 4) is 5.75 Å². The molecule has 2 saturated heterocycles. The molecular weight excluding hydrogens is 186 g/mol. The summed E-state index contributed by atoms with van der Waals surface area (Å²) in [6.07, 6.45) is 2.82. The number of nitrogens with one attached hydrogen (secondary N) is 1. The first kappa shape index (κ1) is 9.22. The molecule has 3 aliphatic rings. The van der Waals surface area contributed by atoms with Gasteiger partial charge in [0.25, 0.3) is 0 Å². The van der Waals surface area contributed by atoms with Crippen molar-refractivity contribution < 1.29 is 4.74 Å². The minimum Gasteiger partial charge on any atom is -0.497 e. The van der Waals surface area contributed by atoms with Gasteiger partial charge in [-0.1, -0.05) is 12.1 Å². The Bertz CT molecular complexity index is 355. The summed E-state index contributed by atoms with van der Waals surface area (Å²) in [6.45, 7) is 1.19. The lowest BCUT2D eigenvalue weighted by Gasteiger charge is -2.47. The highest BCUT2D eigenvalue weighted by Crippen LogP contribution is 2.46. The van der Waals surface area contributed by atoms with Crippen molar-refractivity contribution in [2.45, 2.75) is 18.9 Å². The Morgan fingerprint density at radius 2 is 2.20 bits per heavy atom. The molecular formula is C13H17NO. The van der Waals surface area contributed by atoms with E-state index in [0.717, 1.165) is 17.6 Å². The minimum absolute atomic E-state index is 0.560. The van der Waals surface area contributed by atoms with E-state index in [1.54, 1.807) is 7.11 Å². The molecule has 1 aliphatic carbocycles. The summed E-state index contributed by atoms with van der Waals surface area (Å²) in [5, 5.41) is 3.63. The lowest BCUT2D eigenvalue weighted by Crippen LogP contribution is -2.48. The van der Waals surface area contributed by atoms with Gasteiger partial charge in [0.15, 0.2) is 0 Å². The van der Waals surface area contributed by atoms with Crippen LogP contribution in [0.4, 0.5) is 0 Å². The number of piperidine rings is 2. The SMILES string of the molecule is COc1cccc(C2NCC3CC2C3)c1. The highest BCUT2D eigenvalue weighted by Gasteiger charge is 2.40. The molecule has 15 heavy (non-hydrogen) atoms. The Kier molecular flexibility index (Phi) is 2.17. The number of benzene rings is 1. The van der Waals surface area contributed by atoms with Gasteiger partial charge < -0.3 is 10.1 Å². The molecule has 4 rings (SSSR count). The van der Waals surface area contributed by atoms with Crippen LogP contribution in [0.25, 0.3) is 0 Å². The summed E-state index contributed by atoms with van der Waals surface area (Å²) < 4.78 is 5.27. The second-order valence-corrected chi connectivity index (χ2v) is 4.76. The fraction of sp³-hybridized carbons (Fsp3) is 0.538. The average Bonchev–Trinajstić information content (AvgIpc) is 2.28. The van der Waals surface area contributed by atoms with Crippen molar-refractivity contribution in [3.63, 3.8) is 0 Å². The van der Waals surface area contributed by atoms with E-state index in [-0.39, 0.29) is 0 Å². The van der Waals surface area contributed by atoms with Crippen LogP contribution >= 0.6 is 0 Å². The van der Waals surface area contributed by atoms with E-state index in [9.17, 15) is 0 Å². The van der Waals surface area contributed by atoms with E-state index in [1.807, 2.05) is 6.07 Å². The van der Waals surface area contributed by atoms with Gasteiger partial charge in [-0.3, -0.25) is 0 Å². The third-order valence-corrected chi connectivity index (χ3v) is 3.82. The van der Waals surface area contributed by atoms with Gasteiger partial charge in [-0.15, -0.1) is 0 Å². The van der Waals surface area contributed by atoms with Crippen LogP contribution in [-0.2, 0) is 0 Å². The summed E-state index contributed by atoms with van der Waals surface area (Å²) in [5.74, 6) is 2.78. The van der Waals surface area contributed by atoms with E-state index in [1.165, 1.54) is 24.9 Å². The highest BCUT2D eigenvalue weighted by molar-refractivity contribution is 5.31. The number of ether oxygens (including phenoxy) is 1. The Hall–Kier alpha value is -1.02. The second-order valence-electron chi connectivity index (χ2n) is 4.76. The molecule has 2 nitrogen and oxygen atoms in total. The minimum atomic E-state index is 0.560. The Morgan fingerprint density at radius 1 is 1.33 bits per heavy atom. The first-order valence-electron chi connectivity index (χ1n) is 5.74. The Labute approximate surface area is 90.6 Å². The van der Waals surface area contributed by atoms with Crippen LogP contribution in [0.1, 0.15) is 24.4 Å². The molecule has 0 radical (unpaired) electrons. The number of rotatable bonds is 2. The summed E-state index contributed by atoms with van der Waals surface area (Å²) >= 11 is 0. The zero-order valence-corrected chi connectivity index (χ0v) is 9.07. The van der Waals surface area contributed by atoms with Crippen LogP contribution in [0.3, 0.4) is 0 Å². The second kappa shape index (κ2) is 3.53. The molecule has 1 aromatic rings. The topological polar surface area (TPSA) is 21.3 Å². The van der Waals surface area contributed by atoms with Crippen molar-refractivity contribution in [1.82, 2.24) is 5.32 Å². The molecule has 0 amide bonds. The van der Waals surface area contributed by atoms with Crippen molar-refractivity contribution in [1.29, 1.82) is 0 Å². The zero-order valence-electron chi connectivity index (χ0n) is 9.07. The van der Waals surface area contributed by atoms with Gasteiger partial charge in [-0.25, -0.2) is 0 Å². The lowest BCUT2D eigenvalue weighted by molar-refractivity contribution is 0.0830. The molecule has 80 valence electrons. The van der Waals surface area contributed by atoms with Crippen LogP contribution in [0, 0.1) is 11.8 Å². The summed E-state index contributed by atoms with van der Waals surface area (Å²) in [7, 11) is 1.73. The lowest BCUT2D eigenvalue weighted by atomic mass is 9.66. The van der Waals surface area contributed by atoms with E-state index >= 15 is 0 Å². The Balaban J connectivity index is 1.84. The van der Waals surface area contributed by atoms with Gasteiger partial charge in [0.2, 0.25) is 0 Å². The quantitative estimate of drug-likeness (QED) is 0.796. The molecule has 0 spiro atoms. The molecule has 1 saturated carbocycles. The van der Waals surface area contributed by atoms with Gasteiger partial charge in [-0.2, -0.15) is 0 Å². The van der Waals surface area contributed by atoms with Crippen molar-refractivity contribution >= 4 is 0 Å².